The summed E-state index contributed by atoms with van der Waals surface area (Å²) in [5.41, 5.74) is 1.12. The molecule has 1 aromatic heterocycles. The van der Waals surface area contributed by atoms with Gasteiger partial charge in [-0.15, -0.1) is 0 Å². The standard InChI is InChI=1S/C14H16O3/c1-3-4-7-11-9-10-6-5-8-12(13(10)17-11)14(15)16-2/h5-6,8-9H,3-4,7H2,1-2H3. The number of para-hydroxylation sites is 1. The molecule has 3 nitrogen and oxygen atoms in total. The molecule has 0 aliphatic rings. The summed E-state index contributed by atoms with van der Waals surface area (Å²) in [7, 11) is 1.38. The molecule has 0 saturated heterocycles. The van der Waals surface area contributed by atoms with Crippen molar-refractivity contribution in [1.82, 2.24) is 0 Å². The lowest BCUT2D eigenvalue weighted by Crippen LogP contribution is -2.00. The Kier molecular flexibility index (Phi) is 3.47. The SMILES string of the molecule is CCCCc1cc2cccc(C(=O)OC)c2o1. The number of rotatable bonds is 4. The zero-order valence-corrected chi connectivity index (χ0v) is 10.2. The first-order chi connectivity index (χ1) is 8.26. The van der Waals surface area contributed by atoms with E-state index in [0.717, 1.165) is 30.4 Å². The van der Waals surface area contributed by atoms with Gasteiger partial charge in [0.25, 0.3) is 0 Å². The van der Waals surface area contributed by atoms with Gasteiger partial charge in [-0.05, 0) is 18.6 Å². The van der Waals surface area contributed by atoms with Crippen LogP contribution in [0.2, 0.25) is 0 Å². The second-order valence-corrected chi connectivity index (χ2v) is 4.03. The Morgan fingerprint density at radius 1 is 1.41 bits per heavy atom. The molecule has 0 atom stereocenters. The Morgan fingerprint density at radius 3 is 2.94 bits per heavy atom. The van der Waals surface area contributed by atoms with Crippen LogP contribution in [0.15, 0.2) is 28.7 Å². The van der Waals surface area contributed by atoms with Gasteiger partial charge in [-0.3, -0.25) is 0 Å². The number of unbranched alkanes of at least 4 members (excludes halogenated alkanes) is 1. The summed E-state index contributed by atoms with van der Waals surface area (Å²) < 4.78 is 10.5. The molecule has 0 radical (unpaired) electrons. The third-order valence-electron chi connectivity index (χ3n) is 2.78. The summed E-state index contributed by atoms with van der Waals surface area (Å²) in [4.78, 5) is 11.6. The van der Waals surface area contributed by atoms with Gasteiger partial charge < -0.3 is 9.15 Å². The molecule has 0 amide bonds. The summed E-state index contributed by atoms with van der Waals surface area (Å²) in [6, 6.07) is 7.51. The van der Waals surface area contributed by atoms with Gasteiger partial charge in [0.2, 0.25) is 0 Å². The minimum absolute atomic E-state index is 0.355. The van der Waals surface area contributed by atoms with Crippen molar-refractivity contribution in [3.63, 3.8) is 0 Å². The summed E-state index contributed by atoms with van der Waals surface area (Å²) >= 11 is 0. The van der Waals surface area contributed by atoms with Crippen LogP contribution in [0.25, 0.3) is 11.0 Å². The van der Waals surface area contributed by atoms with E-state index in [0.29, 0.717) is 11.1 Å². The molecule has 2 aromatic rings. The number of methoxy groups -OCH3 is 1. The number of hydrogen-bond donors (Lipinski definition) is 0. The van der Waals surface area contributed by atoms with E-state index in [1.807, 2.05) is 18.2 Å². The van der Waals surface area contributed by atoms with Gasteiger partial charge in [0.05, 0.1) is 7.11 Å². The van der Waals surface area contributed by atoms with Crippen LogP contribution in [0.5, 0.6) is 0 Å². The Bertz CT molecular complexity index is 525. The van der Waals surface area contributed by atoms with E-state index in [-0.39, 0.29) is 5.97 Å². The van der Waals surface area contributed by atoms with Crippen LogP contribution >= 0.6 is 0 Å². The van der Waals surface area contributed by atoms with Crippen molar-refractivity contribution in [2.75, 3.05) is 7.11 Å². The second-order valence-electron chi connectivity index (χ2n) is 4.03. The normalized spacial score (nSPS) is 10.7. The maximum atomic E-state index is 11.6. The maximum Gasteiger partial charge on any atom is 0.341 e. The predicted molar refractivity (Wildman–Crippen MR) is 66.2 cm³/mol. The number of esters is 1. The zero-order valence-electron chi connectivity index (χ0n) is 10.2. The molecule has 0 saturated carbocycles. The molecule has 0 unspecified atom stereocenters. The van der Waals surface area contributed by atoms with E-state index in [9.17, 15) is 4.79 Å². The zero-order chi connectivity index (χ0) is 12.3. The van der Waals surface area contributed by atoms with Gasteiger partial charge in [-0.1, -0.05) is 25.5 Å². The Balaban J connectivity index is 2.42. The van der Waals surface area contributed by atoms with E-state index < -0.39 is 0 Å². The van der Waals surface area contributed by atoms with Gasteiger partial charge in [0.15, 0.2) is 0 Å². The van der Waals surface area contributed by atoms with Crippen LogP contribution in [-0.4, -0.2) is 13.1 Å². The summed E-state index contributed by atoms with van der Waals surface area (Å²) in [6.45, 7) is 2.14. The van der Waals surface area contributed by atoms with Crippen molar-refractivity contribution in [2.24, 2.45) is 0 Å². The number of carbonyl (C=O) groups excluding carboxylic acids is 1. The molecule has 0 aliphatic heterocycles. The number of hydrogen-bond acceptors (Lipinski definition) is 3. The largest absolute Gasteiger partial charge is 0.465 e. The second kappa shape index (κ2) is 5.04. The average Bonchev–Trinajstić information content (AvgIpc) is 2.77. The van der Waals surface area contributed by atoms with Crippen molar-refractivity contribution in [2.45, 2.75) is 26.2 Å². The predicted octanol–water partition coefficient (Wildman–Crippen LogP) is 3.56. The molecule has 0 N–H and O–H groups in total. The summed E-state index contributed by atoms with van der Waals surface area (Å²) in [6.07, 6.45) is 3.13. The highest BCUT2D eigenvalue weighted by Crippen LogP contribution is 2.24. The van der Waals surface area contributed by atoms with Crippen LogP contribution in [0.4, 0.5) is 0 Å². The van der Waals surface area contributed by atoms with Gasteiger partial charge >= 0.3 is 5.97 Å². The van der Waals surface area contributed by atoms with Crippen molar-refractivity contribution in [3.8, 4) is 0 Å². The smallest absolute Gasteiger partial charge is 0.341 e. The third-order valence-corrected chi connectivity index (χ3v) is 2.78. The van der Waals surface area contributed by atoms with E-state index in [1.165, 1.54) is 7.11 Å². The highest BCUT2D eigenvalue weighted by atomic mass is 16.5. The highest BCUT2D eigenvalue weighted by Gasteiger charge is 2.14. The van der Waals surface area contributed by atoms with E-state index in [1.54, 1.807) is 6.07 Å². The molecule has 3 heteroatoms. The summed E-state index contributed by atoms with van der Waals surface area (Å²) in [5, 5.41) is 0.957. The average molecular weight is 232 g/mol. The first kappa shape index (κ1) is 11.7. The van der Waals surface area contributed by atoms with Gasteiger partial charge in [0, 0.05) is 11.8 Å². The van der Waals surface area contributed by atoms with Crippen LogP contribution in [0.3, 0.4) is 0 Å². The molecule has 0 bridgehead atoms. The Morgan fingerprint density at radius 2 is 2.24 bits per heavy atom. The fourth-order valence-electron chi connectivity index (χ4n) is 1.86. The van der Waals surface area contributed by atoms with Gasteiger partial charge in [-0.2, -0.15) is 0 Å². The van der Waals surface area contributed by atoms with Crippen molar-refractivity contribution in [1.29, 1.82) is 0 Å². The molecule has 2 rings (SSSR count). The number of aryl methyl sites for hydroxylation is 1. The Labute approximate surface area is 100 Å². The van der Waals surface area contributed by atoms with Crippen LogP contribution < -0.4 is 0 Å². The quantitative estimate of drug-likeness (QED) is 0.756. The molecule has 0 spiro atoms. The van der Waals surface area contributed by atoms with Crippen LogP contribution in [-0.2, 0) is 11.2 Å². The number of ether oxygens (including phenoxy) is 1. The van der Waals surface area contributed by atoms with E-state index >= 15 is 0 Å². The van der Waals surface area contributed by atoms with Crippen molar-refractivity contribution in [3.05, 3.63) is 35.6 Å². The van der Waals surface area contributed by atoms with E-state index in [4.69, 9.17) is 9.15 Å². The topological polar surface area (TPSA) is 39.4 Å². The molecule has 90 valence electrons. The van der Waals surface area contributed by atoms with Gasteiger partial charge in [0.1, 0.15) is 16.9 Å². The lowest BCUT2D eigenvalue weighted by Gasteiger charge is -1.99. The lowest BCUT2D eigenvalue weighted by atomic mass is 10.1. The minimum Gasteiger partial charge on any atom is -0.465 e. The van der Waals surface area contributed by atoms with Crippen LogP contribution in [0, 0.1) is 0 Å². The number of benzene rings is 1. The van der Waals surface area contributed by atoms with Crippen LogP contribution in [0.1, 0.15) is 35.9 Å². The molecule has 1 aromatic carbocycles. The molecule has 17 heavy (non-hydrogen) atoms. The van der Waals surface area contributed by atoms with Crippen molar-refractivity contribution >= 4 is 16.9 Å². The number of fused-ring (bicyclic) bond motifs is 1. The minimum atomic E-state index is -0.355. The highest BCUT2D eigenvalue weighted by molar-refractivity contribution is 6.02. The first-order valence-corrected chi connectivity index (χ1v) is 5.86. The fraction of sp³-hybridized carbons (Fsp3) is 0.357. The monoisotopic (exact) mass is 232 g/mol. The van der Waals surface area contributed by atoms with Gasteiger partial charge in [-0.25, -0.2) is 4.79 Å². The third kappa shape index (κ3) is 2.33. The molecular weight excluding hydrogens is 216 g/mol. The van der Waals surface area contributed by atoms with E-state index in [2.05, 4.69) is 6.92 Å². The lowest BCUT2D eigenvalue weighted by molar-refractivity contribution is 0.0601. The maximum absolute atomic E-state index is 11.6. The van der Waals surface area contributed by atoms with Crippen molar-refractivity contribution < 1.29 is 13.9 Å². The Hall–Kier alpha value is -1.77. The number of furan rings is 1. The molecule has 0 fully saturated rings. The molecule has 0 aliphatic carbocycles. The first-order valence-electron chi connectivity index (χ1n) is 5.86. The molecule has 1 heterocycles. The number of carbonyl (C=O) groups is 1. The fourth-order valence-corrected chi connectivity index (χ4v) is 1.86. The molecular formula is C14H16O3. The summed E-state index contributed by atoms with van der Waals surface area (Å²) in [5.74, 6) is 0.574.